The topological polar surface area (TPSA) is 57.0 Å². The predicted molar refractivity (Wildman–Crippen MR) is 63.1 cm³/mol. The summed E-state index contributed by atoms with van der Waals surface area (Å²) in [5, 5.41) is 10.3. The Morgan fingerprint density at radius 3 is 2.94 bits per heavy atom. The largest absolute Gasteiger partial charge is 0.336 e. The van der Waals surface area contributed by atoms with Crippen LogP contribution in [0.15, 0.2) is 10.9 Å². The zero-order valence-corrected chi connectivity index (χ0v) is 10.3. The molecule has 5 heteroatoms. The summed E-state index contributed by atoms with van der Waals surface area (Å²) in [4.78, 5) is 17.7. The van der Waals surface area contributed by atoms with Crippen molar-refractivity contribution in [2.45, 2.75) is 20.3 Å². The first-order valence-electron chi connectivity index (χ1n) is 5.19. The molecule has 0 aliphatic carbocycles. The van der Waals surface area contributed by atoms with Crippen LogP contribution >= 0.6 is 11.3 Å². The molecule has 0 saturated heterocycles. The van der Waals surface area contributed by atoms with E-state index < -0.39 is 0 Å². The minimum Gasteiger partial charge on any atom is -0.336 e. The van der Waals surface area contributed by atoms with Gasteiger partial charge in [0.2, 0.25) is 0 Å². The average molecular weight is 237 g/mol. The first kappa shape index (κ1) is 12.7. The van der Waals surface area contributed by atoms with E-state index in [1.165, 1.54) is 11.3 Å². The number of nitriles is 1. The lowest BCUT2D eigenvalue weighted by Gasteiger charge is -2.22. The van der Waals surface area contributed by atoms with E-state index in [-0.39, 0.29) is 5.91 Å². The number of rotatable bonds is 5. The molecule has 0 bridgehead atoms. The van der Waals surface area contributed by atoms with Crippen LogP contribution in [0.3, 0.4) is 0 Å². The van der Waals surface area contributed by atoms with Crippen molar-refractivity contribution in [2.75, 3.05) is 13.1 Å². The lowest BCUT2D eigenvalue weighted by Crippen LogP contribution is -2.35. The maximum Gasteiger partial charge on any atom is 0.273 e. The highest BCUT2D eigenvalue weighted by Gasteiger charge is 2.17. The molecule has 0 saturated carbocycles. The molecule has 1 rings (SSSR count). The normalized spacial score (nSPS) is 10.1. The highest BCUT2D eigenvalue weighted by Crippen LogP contribution is 2.08. The Morgan fingerprint density at radius 1 is 1.69 bits per heavy atom. The van der Waals surface area contributed by atoms with Gasteiger partial charge in [0.05, 0.1) is 18.0 Å². The third-order valence-electron chi connectivity index (χ3n) is 2.02. The Hall–Kier alpha value is -1.41. The monoisotopic (exact) mass is 237 g/mol. The van der Waals surface area contributed by atoms with Gasteiger partial charge in [-0.1, -0.05) is 13.8 Å². The summed E-state index contributed by atoms with van der Waals surface area (Å²) < 4.78 is 0. The van der Waals surface area contributed by atoms with Crippen molar-refractivity contribution < 1.29 is 4.79 Å². The number of hydrogen-bond acceptors (Lipinski definition) is 4. The number of aromatic nitrogens is 1. The number of carbonyl (C=O) groups excluding carboxylic acids is 1. The van der Waals surface area contributed by atoms with Gasteiger partial charge in [0.1, 0.15) is 5.69 Å². The summed E-state index contributed by atoms with van der Waals surface area (Å²) in [6.07, 6.45) is 0.364. The van der Waals surface area contributed by atoms with E-state index in [0.717, 1.165) is 0 Å². The Morgan fingerprint density at radius 2 is 2.44 bits per heavy atom. The van der Waals surface area contributed by atoms with Crippen LogP contribution in [0.1, 0.15) is 30.8 Å². The highest BCUT2D eigenvalue weighted by molar-refractivity contribution is 7.07. The summed E-state index contributed by atoms with van der Waals surface area (Å²) >= 11 is 1.40. The molecule has 0 unspecified atom stereocenters. The van der Waals surface area contributed by atoms with Gasteiger partial charge in [-0.25, -0.2) is 4.98 Å². The van der Waals surface area contributed by atoms with Gasteiger partial charge in [0.15, 0.2) is 0 Å². The van der Waals surface area contributed by atoms with Crippen LogP contribution in [0.2, 0.25) is 0 Å². The van der Waals surface area contributed by atoms with Crippen molar-refractivity contribution in [2.24, 2.45) is 5.92 Å². The van der Waals surface area contributed by atoms with Gasteiger partial charge in [-0.15, -0.1) is 11.3 Å². The van der Waals surface area contributed by atoms with Crippen molar-refractivity contribution in [3.05, 3.63) is 16.6 Å². The molecule has 0 aliphatic heterocycles. The molecule has 1 aromatic rings. The first-order valence-corrected chi connectivity index (χ1v) is 6.13. The third kappa shape index (κ3) is 3.63. The minimum absolute atomic E-state index is 0.0785. The maximum atomic E-state index is 12.0. The summed E-state index contributed by atoms with van der Waals surface area (Å²) in [6.45, 7) is 5.24. The van der Waals surface area contributed by atoms with E-state index in [1.54, 1.807) is 15.8 Å². The number of hydrogen-bond donors (Lipinski definition) is 0. The predicted octanol–water partition coefficient (Wildman–Crippen LogP) is 2.15. The van der Waals surface area contributed by atoms with Crippen LogP contribution in [0.5, 0.6) is 0 Å². The second-order valence-corrected chi connectivity index (χ2v) is 4.65. The van der Waals surface area contributed by atoms with Crippen molar-refractivity contribution in [3.63, 3.8) is 0 Å². The fraction of sp³-hybridized carbons (Fsp3) is 0.545. The second kappa shape index (κ2) is 6.23. The number of thiazole rings is 1. The highest BCUT2D eigenvalue weighted by atomic mass is 32.1. The standard InChI is InChI=1S/C11H15N3OS/c1-9(2)6-14(5-3-4-12)11(15)10-7-16-8-13-10/h7-9H,3,5-6H2,1-2H3. The Balaban J connectivity index is 2.68. The Bertz CT molecular complexity index is 367. The zero-order chi connectivity index (χ0) is 12.0. The van der Waals surface area contributed by atoms with Crippen LogP contribution in [0.4, 0.5) is 0 Å². The van der Waals surface area contributed by atoms with E-state index in [4.69, 9.17) is 5.26 Å². The van der Waals surface area contributed by atoms with Crippen LogP contribution in [-0.2, 0) is 0 Å². The zero-order valence-electron chi connectivity index (χ0n) is 9.51. The SMILES string of the molecule is CC(C)CN(CCC#N)C(=O)c1cscn1. The van der Waals surface area contributed by atoms with Crippen LogP contribution in [0, 0.1) is 17.2 Å². The van der Waals surface area contributed by atoms with E-state index >= 15 is 0 Å². The van der Waals surface area contributed by atoms with E-state index in [0.29, 0.717) is 31.1 Å². The molecule has 1 heterocycles. The summed E-state index contributed by atoms with van der Waals surface area (Å²) in [6, 6.07) is 2.06. The van der Waals surface area contributed by atoms with E-state index in [9.17, 15) is 4.79 Å². The molecule has 86 valence electrons. The molecule has 0 aliphatic rings. The molecule has 0 N–H and O–H groups in total. The van der Waals surface area contributed by atoms with Crippen molar-refractivity contribution >= 4 is 17.2 Å². The van der Waals surface area contributed by atoms with Gasteiger partial charge in [-0.2, -0.15) is 5.26 Å². The number of amides is 1. The quantitative estimate of drug-likeness (QED) is 0.788. The minimum atomic E-state index is -0.0785. The van der Waals surface area contributed by atoms with Gasteiger partial charge in [0, 0.05) is 18.5 Å². The maximum absolute atomic E-state index is 12.0. The van der Waals surface area contributed by atoms with Gasteiger partial charge in [-0.05, 0) is 5.92 Å². The molecule has 0 aromatic carbocycles. The summed E-state index contributed by atoms with van der Waals surface area (Å²) in [5.74, 6) is 0.312. The van der Waals surface area contributed by atoms with Gasteiger partial charge in [-0.3, -0.25) is 4.79 Å². The lowest BCUT2D eigenvalue weighted by molar-refractivity contribution is 0.0735. The number of nitrogens with zero attached hydrogens (tertiary/aromatic N) is 3. The fourth-order valence-electron chi connectivity index (χ4n) is 1.38. The number of carbonyl (C=O) groups is 1. The Kier molecular flexibility index (Phi) is 4.93. The molecule has 0 spiro atoms. The average Bonchev–Trinajstić information content (AvgIpc) is 2.76. The summed E-state index contributed by atoms with van der Waals surface area (Å²) in [7, 11) is 0. The molecule has 0 radical (unpaired) electrons. The Labute approximate surface area is 99.5 Å². The smallest absolute Gasteiger partial charge is 0.273 e. The lowest BCUT2D eigenvalue weighted by atomic mass is 10.2. The molecular formula is C11H15N3OS. The molecular weight excluding hydrogens is 222 g/mol. The second-order valence-electron chi connectivity index (χ2n) is 3.93. The fourth-order valence-corrected chi connectivity index (χ4v) is 1.91. The van der Waals surface area contributed by atoms with Crippen molar-refractivity contribution in [1.29, 1.82) is 5.26 Å². The van der Waals surface area contributed by atoms with Gasteiger partial charge < -0.3 is 4.90 Å². The van der Waals surface area contributed by atoms with Gasteiger partial charge in [0.25, 0.3) is 5.91 Å². The van der Waals surface area contributed by atoms with E-state index in [1.807, 2.05) is 13.8 Å². The first-order chi connectivity index (χ1) is 7.65. The summed E-state index contributed by atoms with van der Waals surface area (Å²) in [5.41, 5.74) is 2.12. The molecule has 16 heavy (non-hydrogen) atoms. The third-order valence-corrected chi connectivity index (χ3v) is 2.60. The van der Waals surface area contributed by atoms with Crippen LogP contribution in [-0.4, -0.2) is 28.9 Å². The van der Waals surface area contributed by atoms with E-state index in [2.05, 4.69) is 11.1 Å². The van der Waals surface area contributed by atoms with Gasteiger partial charge >= 0.3 is 0 Å². The molecule has 1 amide bonds. The molecule has 1 aromatic heterocycles. The van der Waals surface area contributed by atoms with Crippen molar-refractivity contribution in [1.82, 2.24) is 9.88 Å². The van der Waals surface area contributed by atoms with Crippen molar-refractivity contribution in [3.8, 4) is 6.07 Å². The molecule has 0 atom stereocenters. The molecule has 0 fully saturated rings. The van der Waals surface area contributed by atoms with Crippen LogP contribution in [0.25, 0.3) is 0 Å². The molecule has 4 nitrogen and oxygen atoms in total. The van der Waals surface area contributed by atoms with Crippen LogP contribution < -0.4 is 0 Å².